The highest BCUT2D eigenvalue weighted by Gasteiger charge is 2.29. The third-order valence-electron chi connectivity index (χ3n) is 8.10. The largest absolute Gasteiger partial charge is 0.0842 e. The van der Waals surface area contributed by atoms with Gasteiger partial charge in [0.2, 0.25) is 0 Å². The zero-order chi connectivity index (χ0) is 31.6. The molecule has 0 aliphatic carbocycles. The van der Waals surface area contributed by atoms with Gasteiger partial charge in [-0.2, -0.15) is 0 Å². The van der Waals surface area contributed by atoms with Gasteiger partial charge in [-0.05, 0) is 85.9 Å². The summed E-state index contributed by atoms with van der Waals surface area (Å²) in [4.78, 5) is 0. The van der Waals surface area contributed by atoms with Gasteiger partial charge < -0.3 is 0 Å². The van der Waals surface area contributed by atoms with Gasteiger partial charge in [0.15, 0.2) is 0 Å². The monoisotopic (exact) mass is 742 g/mol. The summed E-state index contributed by atoms with van der Waals surface area (Å²) >= 11 is 53.8. The first-order chi connectivity index (χ1) is 21.6. The molecule has 45 heavy (non-hydrogen) atoms. The van der Waals surface area contributed by atoms with E-state index in [1.54, 1.807) is 24.3 Å². The minimum Gasteiger partial charge on any atom is -0.0842 e. The summed E-state index contributed by atoms with van der Waals surface area (Å²) in [6.45, 7) is 0. The van der Waals surface area contributed by atoms with Gasteiger partial charge in [-0.25, -0.2) is 0 Å². The summed E-state index contributed by atoms with van der Waals surface area (Å²) < 4.78 is 0. The zero-order valence-electron chi connectivity index (χ0n) is 22.9. The fraction of sp³-hybridized carbons (Fsp3) is 0.0270. The van der Waals surface area contributed by atoms with Crippen LogP contribution in [0.4, 0.5) is 0 Å². The van der Waals surface area contributed by atoms with Crippen molar-refractivity contribution in [2.24, 2.45) is 0 Å². The summed E-state index contributed by atoms with van der Waals surface area (Å²) in [5.41, 5.74) is 3.37. The molecule has 0 aromatic heterocycles. The van der Waals surface area contributed by atoms with E-state index in [-0.39, 0.29) is 0 Å². The topological polar surface area (TPSA) is 0 Å². The lowest BCUT2D eigenvalue weighted by molar-refractivity contribution is 0.979. The Labute approximate surface area is 299 Å². The molecular weight excluding hydrogens is 728 g/mol. The van der Waals surface area contributed by atoms with Crippen LogP contribution in [0.15, 0.2) is 103 Å². The smallest absolute Gasteiger partial charge is 0.0502 e. The normalized spacial score (nSPS) is 11.8. The second kappa shape index (κ2) is 12.3. The van der Waals surface area contributed by atoms with E-state index in [2.05, 4.69) is 60.7 Å². The number of rotatable bonds is 4. The second-order valence-corrected chi connectivity index (χ2v) is 14.0. The SMILES string of the molecule is Clc1cc(Cl)c(C(c2cc(Cl)c(-c3ccc4c5ccccc5c5ccccc5c4c3)c(Cl)c2)c2c(Cl)cc(Cl)cc2Cl)c(Cl)c1. The van der Waals surface area contributed by atoms with Crippen LogP contribution in [0.2, 0.25) is 40.2 Å². The molecule has 0 nitrogen and oxygen atoms in total. The van der Waals surface area contributed by atoms with Crippen LogP contribution in [0.5, 0.6) is 0 Å². The number of hydrogen-bond acceptors (Lipinski definition) is 0. The fourth-order valence-electron chi connectivity index (χ4n) is 6.23. The molecule has 0 atom stereocenters. The van der Waals surface area contributed by atoms with Crippen molar-refractivity contribution in [3.63, 3.8) is 0 Å². The van der Waals surface area contributed by atoms with Crippen molar-refractivity contribution in [3.8, 4) is 11.1 Å². The molecule has 0 amide bonds. The second-order valence-electron chi connectivity index (χ2n) is 10.7. The summed E-state index contributed by atoms with van der Waals surface area (Å²) in [5, 5.41) is 9.99. The lowest BCUT2D eigenvalue weighted by Crippen LogP contribution is -2.08. The molecule has 0 saturated heterocycles. The van der Waals surface area contributed by atoms with Gasteiger partial charge in [0.1, 0.15) is 0 Å². The molecule has 0 saturated carbocycles. The Morgan fingerprint density at radius 2 is 0.733 bits per heavy atom. The van der Waals surface area contributed by atoms with E-state index in [1.807, 2.05) is 18.2 Å². The molecule has 0 radical (unpaired) electrons. The molecule has 7 aromatic rings. The zero-order valence-corrected chi connectivity index (χ0v) is 29.0. The van der Waals surface area contributed by atoms with Crippen LogP contribution in [0.25, 0.3) is 43.4 Å². The molecule has 0 bridgehead atoms. The molecule has 222 valence electrons. The van der Waals surface area contributed by atoms with E-state index in [4.69, 9.17) is 92.8 Å². The third kappa shape index (κ3) is 5.54. The van der Waals surface area contributed by atoms with Gasteiger partial charge in [-0.3, -0.25) is 0 Å². The summed E-state index contributed by atoms with van der Waals surface area (Å²) in [6, 6.07) is 33.3. The molecule has 0 heterocycles. The maximum absolute atomic E-state index is 7.10. The Morgan fingerprint density at radius 3 is 1.16 bits per heavy atom. The van der Waals surface area contributed by atoms with Crippen molar-refractivity contribution in [1.82, 2.24) is 0 Å². The van der Waals surface area contributed by atoms with Crippen LogP contribution in [0.1, 0.15) is 22.6 Å². The van der Waals surface area contributed by atoms with E-state index in [0.717, 1.165) is 21.7 Å². The minimum absolute atomic E-state index is 0.338. The first-order valence-corrected chi connectivity index (χ1v) is 16.8. The Morgan fingerprint density at radius 1 is 0.356 bits per heavy atom. The lowest BCUT2D eigenvalue weighted by Gasteiger charge is -2.25. The van der Waals surface area contributed by atoms with Crippen LogP contribution in [0, 0.1) is 0 Å². The van der Waals surface area contributed by atoms with Crippen LogP contribution in [0.3, 0.4) is 0 Å². The molecule has 0 aliphatic heterocycles. The van der Waals surface area contributed by atoms with E-state index in [9.17, 15) is 0 Å². The van der Waals surface area contributed by atoms with E-state index in [1.165, 1.54) is 16.2 Å². The highest BCUT2D eigenvalue weighted by Crippen LogP contribution is 2.49. The Balaban J connectivity index is 1.46. The Kier molecular flexibility index (Phi) is 8.57. The van der Waals surface area contributed by atoms with Crippen molar-refractivity contribution in [2.75, 3.05) is 0 Å². The third-order valence-corrected chi connectivity index (χ3v) is 10.4. The van der Waals surface area contributed by atoms with Gasteiger partial charge >= 0.3 is 0 Å². The van der Waals surface area contributed by atoms with Crippen molar-refractivity contribution >= 4 is 125 Å². The Bertz CT molecular complexity index is 2160. The van der Waals surface area contributed by atoms with Crippen LogP contribution >= 0.6 is 92.8 Å². The number of fused-ring (bicyclic) bond motifs is 6. The van der Waals surface area contributed by atoms with Crippen molar-refractivity contribution in [2.45, 2.75) is 5.92 Å². The van der Waals surface area contributed by atoms with E-state index in [0.29, 0.717) is 62.4 Å². The van der Waals surface area contributed by atoms with E-state index >= 15 is 0 Å². The van der Waals surface area contributed by atoms with Crippen LogP contribution in [-0.2, 0) is 0 Å². The fourth-order valence-corrected chi connectivity index (χ4v) is 9.03. The first kappa shape index (κ1) is 31.3. The molecule has 7 rings (SSSR count). The summed E-state index contributed by atoms with van der Waals surface area (Å²) in [5.74, 6) is -0.643. The summed E-state index contributed by atoms with van der Waals surface area (Å²) in [6.07, 6.45) is 0. The molecule has 0 fully saturated rings. The molecule has 0 N–H and O–H groups in total. The number of halogens is 8. The predicted molar refractivity (Wildman–Crippen MR) is 198 cm³/mol. The molecular formula is C37H18Cl8. The summed E-state index contributed by atoms with van der Waals surface area (Å²) in [7, 11) is 0. The van der Waals surface area contributed by atoms with E-state index < -0.39 is 5.92 Å². The van der Waals surface area contributed by atoms with Gasteiger partial charge in [0.05, 0.1) is 10.0 Å². The van der Waals surface area contributed by atoms with Crippen molar-refractivity contribution in [3.05, 3.63) is 160 Å². The van der Waals surface area contributed by atoms with Crippen molar-refractivity contribution in [1.29, 1.82) is 0 Å². The van der Waals surface area contributed by atoms with Gasteiger partial charge in [-0.1, -0.05) is 153 Å². The first-order valence-electron chi connectivity index (χ1n) is 13.7. The maximum Gasteiger partial charge on any atom is 0.0502 e. The average Bonchev–Trinajstić information content (AvgIpc) is 2.99. The average molecular weight is 746 g/mol. The highest BCUT2D eigenvalue weighted by molar-refractivity contribution is 6.42. The molecule has 0 spiro atoms. The molecule has 0 unspecified atom stereocenters. The lowest BCUT2D eigenvalue weighted by atomic mass is 9.84. The number of benzene rings is 7. The van der Waals surface area contributed by atoms with Gasteiger partial charge in [0.25, 0.3) is 0 Å². The van der Waals surface area contributed by atoms with Crippen molar-refractivity contribution < 1.29 is 0 Å². The van der Waals surface area contributed by atoms with Crippen LogP contribution < -0.4 is 0 Å². The maximum atomic E-state index is 7.10. The standard InChI is InChI=1S/C37H18Cl8/c38-20-14-30(42)36(31(43)15-20)35(37-32(44)16-21(39)17-33(37)45)19-12-28(40)34(29(41)13-19)18-9-10-26-24-7-2-1-5-22(24)23-6-3-4-8-25(23)27(26)11-18/h1-17,35H. The minimum atomic E-state index is -0.643. The molecule has 7 aromatic carbocycles. The van der Waals surface area contributed by atoms with Crippen LogP contribution in [-0.4, -0.2) is 0 Å². The molecule has 8 heteroatoms. The van der Waals surface area contributed by atoms with Gasteiger partial charge in [0, 0.05) is 52.7 Å². The Hall–Kier alpha value is -2.36. The molecule has 0 aliphatic rings. The predicted octanol–water partition coefficient (Wildman–Crippen LogP) is 15.2. The highest BCUT2D eigenvalue weighted by atomic mass is 35.5. The number of hydrogen-bond donors (Lipinski definition) is 0. The van der Waals surface area contributed by atoms with Gasteiger partial charge in [-0.15, -0.1) is 0 Å². The quantitative estimate of drug-likeness (QED) is 0.124.